The summed E-state index contributed by atoms with van der Waals surface area (Å²) in [4.78, 5) is 41.4. The Balaban J connectivity index is 1.93. The molecule has 1 aromatic carbocycles. The minimum Gasteiger partial charge on any atom is -0.366 e. The van der Waals surface area contributed by atoms with Crippen molar-refractivity contribution in [2.45, 2.75) is 36.8 Å². The van der Waals surface area contributed by atoms with Crippen molar-refractivity contribution in [1.29, 1.82) is 0 Å². The first-order chi connectivity index (χ1) is 14.8. The molecule has 0 spiro atoms. The second kappa shape index (κ2) is 9.80. The Bertz CT molecular complexity index is 1070. The summed E-state index contributed by atoms with van der Waals surface area (Å²) in [6, 6.07) is 9.80. The van der Waals surface area contributed by atoms with Crippen LogP contribution >= 0.6 is 0 Å². The van der Waals surface area contributed by atoms with E-state index in [0.29, 0.717) is 22.8 Å². The van der Waals surface area contributed by atoms with Gasteiger partial charge in [-0.25, -0.2) is 9.29 Å². The number of aromatic nitrogens is 1. The number of ketones is 1. The Morgan fingerprint density at radius 2 is 1.90 bits per heavy atom. The van der Waals surface area contributed by atoms with E-state index in [2.05, 4.69) is 10.3 Å². The fourth-order valence-corrected chi connectivity index (χ4v) is 5.13. The molecule has 1 saturated heterocycles. The van der Waals surface area contributed by atoms with Crippen LogP contribution in [0.1, 0.15) is 35.2 Å². The molecule has 2 aromatic rings. The first kappa shape index (κ1) is 22.6. The number of hydrogen-bond acceptors (Lipinski definition) is 7. The zero-order valence-corrected chi connectivity index (χ0v) is 17.7. The molecule has 0 saturated carbocycles. The molecule has 3 N–H and O–H groups in total. The van der Waals surface area contributed by atoms with E-state index in [0.717, 1.165) is 0 Å². The van der Waals surface area contributed by atoms with Crippen molar-refractivity contribution in [3.05, 3.63) is 59.8 Å². The van der Waals surface area contributed by atoms with Crippen molar-refractivity contribution in [1.82, 2.24) is 14.6 Å². The lowest BCUT2D eigenvalue weighted by molar-refractivity contribution is -0.133. The van der Waals surface area contributed by atoms with Gasteiger partial charge in [0.2, 0.25) is 11.8 Å². The second-order valence-corrected chi connectivity index (χ2v) is 8.95. The van der Waals surface area contributed by atoms with Crippen LogP contribution in [0.2, 0.25) is 0 Å². The van der Waals surface area contributed by atoms with Crippen molar-refractivity contribution < 1.29 is 22.8 Å². The van der Waals surface area contributed by atoms with Crippen LogP contribution in [-0.4, -0.2) is 54.4 Å². The van der Waals surface area contributed by atoms with E-state index in [1.807, 2.05) is 0 Å². The van der Waals surface area contributed by atoms with Gasteiger partial charge in [-0.15, -0.1) is 0 Å². The van der Waals surface area contributed by atoms with Gasteiger partial charge in [-0.2, -0.15) is 8.42 Å². The molecule has 31 heavy (non-hydrogen) atoms. The number of amides is 2. The average molecular weight is 445 g/mol. The third kappa shape index (κ3) is 5.15. The minimum absolute atomic E-state index is 0.0172. The Morgan fingerprint density at radius 1 is 1.16 bits per heavy atom. The molecular weight excluding hydrogens is 420 g/mol. The molecule has 1 aliphatic heterocycles. The Labute approximate surface area is 180 Å². The monoisotopic (exact) mass is 444 g/mol. The summed E-state index contributed by atoms with van der Waals surface area (Å²) in [5.41, 5.74) is 6.19. The molecule has 1 atom stereocenters. The summed E-state index contributed by atoms with van der Waals surface area (Å²) in [7, 11) is -4.35. The van der Waals surface area contributed by atoms with Crippen molar-refractivity contribution in [3.8, 4) is 0 Å². The molecule has 3 rings (SSSR count). The predicted octanol–water partition coefficient (Wildman–Crippen LogP) is 0.652. The number of hydrogen-bond donors (Lipinski definition) is 2. The van der Waals surface area contributed by atoms with Gasteiger partial charge in [-0.05, 0) is 49.6 Å². The fourth-order valence-electron chi connectivity index (χ4n) is 3.57. The summed E-state index contributed by atoms with van der Waals surface area (Å²) in [6.45, 7) is 0.538. The first-order valence-corrected chi connectivity index (χ1v) is 11.4. The van der Waals surface area contributed by atoms with Gasteiger partial charge in [0.15, 0.2) is 10.8 Å². The number of nitrogens with two attached hydrogens (primary N) is 1. The van der Waals surface area contributed by atoms with Gasteiger partial charge in [0, 0.05) is 18.2 Å². The van der Waals surface area contributed by atoms with Crippen LogP contribution in [0.4, 0.5) is 0 Å². The van der Waals surface area contributed by atoms with Crippen LogP contribution in [0.25, 0.3) is 0 Å². The number of rotatable bonds is 7. The third-order valence-corrected chi connectivity index (χ3v) is 6.83. The maximum atomic E-state index is 13.3. The molecule has 1 aliphatic rings. The van der Waals surface area contributed by atoms with Gasteiger partial charge in [0.1, 0.15) is 6.04 Å². The quantitative estimate of drug-likeness (QED) is 0.639. The second-order valence-electron chi connectivity index (χ2n) is 7.19. The van der Waals surface area contributed by atoms with Gasteiger partial charge >= 0.3 is 0 Å². The molecule has 164 valence electrons. The lowest BCUT2D eigenvalue weighted by Crippen LogP contribution is -2.49. The molecule has 1 fully saturated rings. The Hall–Kier alpha value is -3.11. The summed E-state index contributed by atoms with van der Waals surface area (Å²) in [6.07, 6.45) is 1.97. The van der Waals surface area contributed by atoms with Crippen LogP contribution in [-0.2, 0) is 26.0 Å². The predicted molar refractivity (Wildman–Crippen MR) is 112 cm³/mol. The van der Waals surface area contributed by atoms with Crippen LogP contribution in [0.5, 0.6) is 0 Å². The van der Waals surface area contributed by atoms with Crippen LogP contribution < -0.4 is 11.1 Å². The minimum atomic E-state index is -4.35. The maximum absolute atomic E-state index is 13.3. The topological polar surface area (TPSA) is 140 Å². The molecule has 0 radical (unpaired) electrons. The lowest BCUT2D eigenvalue weighted by Gasteiger charge is -2.29. The van der Waals surface area contributed by atoms with E-state index in [1.54, 1.807) is 30.3 Å². The van der Waals surface area contributed by atoms with E-state index in [1.165, 1.54) is 18.3 Å². The third-order valence-electron chi connectivity index (χ3n) is 5.08. The maximum Gasteiger partial charge on any atom is 0.284 e. The highest BCUT2D eigenvalue weighted by atomic mass is 32.2. The summed E-state index contributed by atoms with van der Waals surface area (Å²) in [5, 5.41) is 2.64. The molecule has 2 amide bonds. The summed E-state index contributed by atoms with van der Waals surface area (Å²) >= 11 is 0. The van der Waals surface area contributed by atoms with Crippen molar-refractivity contribution >= 4 is 27.6 Å². The van der Waals surface area contributed by atoms with Crippen molar-refractivity contribution in [2.24, 2.45) is 5.73 Å². The number of nitrogens with zero attached hydrogens (tertiary/aromatic N) is 2. The standard InChI is InChI=1S/C21H24N4O5S/c22-21(28)16-7-2-1-6-15(16)10-11-20(27)25(17-8-5-12-23-14-18(17)26)31(29,30)19-9-3-4-13-24-19/h1-4,6-7,9,13,17,23H,5,8,10-12,14H2,(H2,22,28)/t17-/m0/s1. The molecule has 10 heteroatoms. The van der Waals surface area contributed by atoms with E-state index in [4.69, 9.17) is 5.73 Å². The number of aryl methyl sites for hydroxylation is 1. The summed E-state index contributed by atoms with van der Waals surface area (Å²) < 4.78 is 27.3. The highest BCUT2D eigenvalue weighted by molar-refractivity contribution is 7.89. The van der Waals surface area contributed by atoms with Gasteiger partial charge < -0.3 is 11.1 Å². The number of benzene rings is 1. The molecule has 9 nitrogen and oxygen atoms in total. The smallest absolute Gasteiger partial charge is 0.284 e. The van der Waals surface area contributed by atoms with E-state index < -0.39 is 27.9 Å². The van der Waals surface area contributed by atoms with E-state index in [-0.39, 0.29) is 42.2 Å². The van der Waals surface area contributed by atoms with E-state index in [9.17, 15) is 22.8 Å². The number of primary amides is 1. The number of Topliss-reactive ketones (excluding diaryl/α,β-unsaturated/α-hetero) is 1. The number of nitrogens with one attached hydrogen (secondary N) is 1. The lowest BCUT2D eigenvalue weighted by atomic mass is 10.0. The Morgan fingerprint density at radius 3 is 2.61 bits per heavy atom. The average Bonchev–Trinajstić information content (AvgIpc) is 2.97. The summed E-state index contributed by atoms with van der Waals surface area (Å²) in [5.74, 6) is -1.74. The highest BCUT2D eigenvalue weighted by Gasteiger charge is 2.40. The fraction of sp³-hybridized carbons (Fsp3) is 0.333. The van der Waals surface area contributed by atoms with Gasteiger partial charge in [0.25, 0.3) is 10.0 Å². The van der Waals surface area contributed by atoms with Crippen molar-refractivity contribution in [3.63, 3.8) is 0 Å². The zero-order valence-electron chi connectivity index (χ0n) is 16.9. The van der Waals surface area contributed by atoms with Crippen LogP contribution in [0.15, 0.2) is 53.7 Å². The molecule has 0 bridgehead atoms. The molecule has 0 unspecified atom stereocenters. The molecular formula is C21H24N4O5S. The van der Waals surface area contributed by atoms with Crippen molar-refractivity contribution in [2.75, 3.05) is 13.1 Å². The van der Waals surface area contributed by atoms with Gasteiger partial charge in [-0.1, -0.05) is 24.3 Å². The highest BCUT2D eigenvalue weighted by Crippen LogP contribution is 2.23. The molecule has 1 aromatic heterocycles. The number of sulfonamides is 1. The number of carbonyl (C=O) groups excluding carboxylic acids is 3. The number of pyridine rings is 1. The van der Waals surface area contributed by atoms with Crippen LogP contribution in [0, 0.1) is 0 Å². The van der Waals surface area contributed by atoms with Gasteiger partial charge in [0.05, 0.1) is 6.54 Å². The number of carbonyl (C=O) groups is 3. The Kier molecular flexibility index (Phi) is 7.13. The van der Waals surface area contributed by atoms with Crippen LogP contribution in [0.3, 0.4) is 0 Å². The largest absolute Gasteiger partial charge is 0.366 e. The first-order valence-electron chi connectivity index (χ1n) is 9.92. The van der Waals surface area contributed by atoms with E-state index >= 15 is 0 Å². The molecule has 0 aliphatic carbocycles. The van der Waals surface area contributed by atoms with Gasteiger partial charge in [-0.3, -0.25) is 14.4 Å². The zero-order chi connectivity index (χ0) is 22.4. The molecule has 2 heterocycles. The normalized spacial score (nSPS) is 17.0. The SMILES string of the molecule is NC(=O)c1ccccc1CCC(=O)N([C@H]1CCCNCC1=O)S(=O)(=O)c1ccccn1.